The molecule has 19 heavy (non-hydrogen) atoms. The first-order valence-electron chi connectivity index (χ1n) is 6.35. The Morgan fingerprint density at radius 2 is 1.95 bits per heavy atom. The summed E-state index contributed by atoms with van der Waals surface area (Å²) in [6, 6.07) is 0. The van der Waals surface area contributed by atoms with E-state index in [1.165, 1.54) is 0 Å². The first-order chi connectivity index (χ1) is 9.17. The molecule has 0 fully saturated rings. The molecule has 0 aliphatic rings. The first-order valence-corrected chi connectivity index (χ1v) is 6.35. The van der Waals surface area contributed by atoms with Crippen LogP contribution >= 0.6 is 0 Å². The second kappa shape index (κ2) is 5.64. The molecule has 1 N–H and O–H groups in total. The number of aromatic nitrogens is 5. The second-order valence-electron chi connectivity index (χ2n) is 4.11. The molecule has 0 spiro atoms. The van der Waals surface area contributed by atoms with Crippen molar-refractivity contribution in [2.24, 2.45) is 7.05 Å². The number of aryl methyl sites for hydroxylation is 1. The van der Waals surface area contributed by atoms with E-state index in [0.29, 0.717) is 17.7 Å². The molecule has 2 rings (SSSR count). The van der Waals surface area contributed by atoms with Gasteiger partial charge in [-0.05, 0) is 13.8 Å². The molecule has 0 aliphatic carbocycles. The number of rotatable bonds is 5. The van der Waals surface area contributed by atoms with E-state index >= 15 is 0 Å². The zero-order chi connectivity index (χ0) is 13.8. The molecule has 0 saturated heterocycles. The highest BCUT2D eigenvalue weighted by molar-refractivity contribution is 5.56. The maximum atomic E-state index is 4.52. The van der Waals surface area contributed by atoms with Crippen molar-refractivity contribution in [1.82, 2.24) is 24.7 Å². The summed E-state index contributed by atoms with van der Waals surface area (Å²) in [4.78, 5) is 15.4. The predicted molar refractivity (Wildman–Crippen MR) is 75.1 cm³/mol. The molecule has 2 heterocycles. The average molecular weight is 261 g/mol. The minimum absolute atomic E-state index is 0.566. The number of hydrogen-bond donors (Lipinski definition) is 1. The smallest absolute Gasteiger partial charge is 0.230 e. The van der Waals surface area contributed by atoms with Crippen LogP contribution in [0.2, 0.25) is 0 Å². The molecule has 0 saturated carbocycles. The van der Waals surface area contributed by atoms with E-state index in [-0.39, 0.29) is 0 Å². The van der Waals surface area contributed by atoms with Crippen molar-refractivity contribution in [3.8, 4) is 11.4 Å². The van der Waals surface area contributed by atoms with Crippen molar-refractivity contribution in [3.05, 3.63) is 12.4 Å². The normalized spacial score (nSPS) is 10.5. The summed E-state index contributed by atoms with van der Waals surface area (Å²) in [5, 5.41) is 7.12. The second-order valence-corrected chi connectivity index (χ2v) is 4.11. The van der Waals surface area contributed by atoms with Gasteiger partial charge in [-0.25, -0.2) is 0 Å². The number of anilines is 2. The van der Waals surface area contributed by atoms with Crippen LogP contribution in [0.25, 0.3) is 11.4 Å². The predicted octanol–water partition coefficient (Wildman–Crippen LogP) is 1.16. The van der Waals surface area contributed by atoms with Crippen molar-refractivity contribution in [3.63, 3.8) is 0 Å². The van der Waals surface area contributed by atoms with E-state index in [0.717, 1.165) is 18.7 Å². The van der Waals surface area contributed by atoms with Crippen LogP contribution in [0, 0.1) is 0 Å². The van der Waals surface area contributed by atoms with Gasteiger partial charge < -0.3 is 10.2 Å². The van der Waals surface area contributed by atoms with Gasteiger partial charge in [-0.1, -0.05) is 0 Å². The standard InChI is InChI=1S/C12H19N7/c1-5-19(6-2)12-16-10(15-11(13-3)17-12)9-7-14-18(4)8-9/h7-8H,5-6H2,1-4H3,(H,13,15,16,17). The highest BCUT2D eigenvalue weighted by Gasteiger charge is 2.12. The molecular formula is C12H19N7. The van der Waals surface area contributed by atoms with E-state index in [1.54, 1.807) is 17.9 Å². The third kappa shape index (κ3) is 2.81. The summed E-state index contributed by atoms with van der Waals surface area (Å²) >= 11 is 0. The van der Waals surface area contributed by atoms with Gasteiger partial charge >= 0.3 is 0 Å². The van der Waals surface area contributed by atoms with Crippen LogP contribution in [0.15, 0.2) is 12.4 Å². The van der Waals surface area contributed by atoms with Crippen LogP contribution in [0.3, 0.4) is 0 Å². The van der Waals surface area contributed by atoms with Gasteiger partial charge in [-0.3, -0.25) is 4.68 Å². The molecule has 0 aliphatic heterocycles. The Hall–Kier alpha value is -2.18. The Labute approximate surface area is 112 Å². The minimum Gasteiger partial charge on any atom is -0.357 e. The SMILES string of the molecule is CCN(CC)c1nc(NC)nc(-c2cnn(C)c2)n1. The lowest BCUT2D eigenvalue weighted by Gasteiger charge is -2.19. The van der Waals surface area contributed by atoms with E-state index < -0.39 is 0 Å². The van der Waals surface area contributed by atoms with E-state index in [4.69, 9.17) is 0 Å². The number of nitrogens with one attached hydrogen (secondary N) is 1. The van der Waals surface area contributed by atoms with Crippen molar-refractivity contribution >= 4 is 11.9 Å². The summed E-state index contributed by atoms with van der Waals surface area (Å²) in [6.07, 6.45) is 3.64. The van der Waals surface area contributed by atoms with Crippen LogP contribution in [0.5, 0.6) is 0 Å². The summed E-state index contributed by atoms with van der Waals surface area (Å²) < 4.78 is 1.73. The molecule has 0 bridgehead atoms. The van der Waals surface area contributed by atoms with Gasteiger partial charge in [0, 0.05) is 33.4 Å². The fourth-order valence-electron chi connectivity index (χ4n) is 1.79. The summed E-state index contributed by atoms with van der Waals surface area (Å²) in [6.45, 7) is 5.87. The van der Waals surface area contributed by atoms with Crippen molar-refractivity contribution < 1.29 is 0 Å². The van der Waals surface area contributed by atoms with Crippen LogP contribution in [0.4, 0.5) is 11.9 Å². The van der Waals surface area contributed by atoms with Gasteiger partial charge in [0.25, 0.3) is 0 Å². The van der Waals surface area contributed by atoms with Gasteiger partial charge in [-0.2, -0.15) is 20.1 Å². The van der Waals surface area contributed by atoms with E-state index in [9.17, 15) is 0 Å². The van der Waals surface area contributed by atoms with Crippen molar-refractivity contribution in [2.45, 2.75) is 13.8 Å². The summed E-state index contributed by atoms with van der Waals surface area (Å²) in [5.41, 5.74) is 0.884. The Kier molecular flexibility index (Phi) is 3.94. The molecule has 2 aromatic rings. The molecule has 2 aromatic heterocycles. The van der Waals surface area contributed by atoms with Gasteiger partial charge in [0.2, 0.25) is 11.9 Å². The average Bonchev–Trinajstić information content (AvgIpc) is 2.86. The van der Waals surface area contributed by atoms with E-state index in [2.05, 4.69) is 44.1 Å². The first kappa shape index (κ1) is 13.3. The Morgan fingerprint density at radius 3 is 2.47 bits per heavy atom. The topological polar surface area (TPSA) is 71.8 Å². The molecule has 7 nitrogen and oxygen atoms in total. The van der Waals surface area contributed by atoms with Gasteiger partial charge in [0.05, 0.1) is 11.8 Å². The molecule has 0 unspecified atom stereocenters. The molecule has 0 aromatic carbocycles. The van der Waals surface area contributed by atoms with Crippen LogP contribution < -0.4 is 10.2 Å². The highest BCUT2D eigenvalue weighted by atomic mass is 15.3. The summed E-state index contributed by atoms with van der Waals surface area (Å²) in [5.74, 6) is 1.88. The fraction of sp³-hybridized carbons (Fsp3) is 0.500. The quantitative estimate of drug-likeness (QED) is 0.871. The fourth-order valence-corrected chi connectivity index (χ4v) is 1.79. The van der Waals surface area contributed by atoms with E-state index in [1.807, 2.05) is 13.2 Å². The van der Waals surface area contributed by atoms with Crippen LogP contribution in [0.1, 0.15) is 13.8 Å². The molecule has 7 heteroatoms. The van der Waals surface area contributed by atoms with Crippen LogP contribution in [-0.4, -0.2) is 44.9 Å². The lowest BCUT2D eigenvalue weighted by atomic mass is 10.3. The Bertz CT molecular complexity index is 545. The Morgan fingerprint density at radius 1 is 1.21 bits per heavy atom. The number of nitrogens with zero attached hydrogens (tertiary/aromatic N) is 6. The van der Waals surface area contributed by atoms with Gasteiger partial charge in [0.1, 0.15) is 0 Å². The molecule has 102 valence electrons. The molecule has 0 radical (unpaired) electrons. The zero-order valence-corrected chi connectivity index (χ0v) is 11.8. The maximum absolute atomic E-state index is 4.52. The zero-order valence-electron chi connectivity index (χ0n) is 11.8. The summed E-state index contributed by atoms with van der Waals surface area (Å²) in [7, 11) is 3.67. The minimum atomic E-state index is 0.566. The molecule has 0 atom stereocenters. The van der Waals surface area contributed by atoms with Gasteiger partial charge in [0.15, 0.2) is 5.82 Å². The van der Waals surface area contributed by atoms with Crippen molar-refractivity contribution in [2.75, 3.05) is 30.4 Å². The molecular weight excluding hydrogens is 242 g/mol. The Balaban J connectivity index is 2.46. The largest absolute Gasteiger partial charge is 0.357 e. The lowest BCUT2D eigenvalue weighted by molar-refractivity contribution is 0.767. The van der Waals surface area contributed by atoms with Crippen molar-refractivity contribution in [1.29, 1.82) is 0 Å². The third-order valence-electron chi connectivity index (χ3n) is 2.86. The molecule has 0 amide bonds. The lowest BCUT2D eigenvalue weighted by Crippen LogP contribution is -2.25. The third-order valence-corrected chi connectivity index (χ3v) is 2.86. The highest BCUT2D eigenvalue weighted by Crippen LogP contribution is 2.18. The maximum Gasteiger partial charge on any atom is 0.230 e. The number of hydrogen-bond acceptors (Lipinski definition) is 6. The van der Waals surface area contributed by atoms with Gasteiger partial charge in [-0.15, -0.1) is 0 Å². The monoisotopic (exact) mass is 261 g/mol. The van der Waals surface area contributed by atoms with Crippen LogP contribution in [-0.2, 0) is 7.05 Å².